The molecule has 0 heterocycles. The number of hydrogen-bond donors (Lipinski definition) is 4. The Kier molecular flexibility index (Phi) is 14.2. The first-order chi connectivity index (χ1) is 9.38. The second-order valence-corrected chi connectivity index (χ2v) is 4.15. The van der Waals surface area contributed by atoms with Crippen molar-refractivity contribution in [1.82, 2.24) is 0 Å². The first-order valence-electron chi connectivity index (χ1n) is 6.37. The molecular formula is C12H23NO7. The highest BCUT2D eigenvalue weighted by atomic mass is 17.1. The highest BCUT2D eigenvalue weighted by Gasteiger charge is 2.26. The lowest BCUT2D eigenvalue weighted by atomic mass is 10.0. The van der Waals surface area contributed by atoms with Crippen molar-refractivity contribution >= 4 is 17.9 Å². The summed E-state index contributed by atoms with van der Waals surface area (Å²) in [6.45, 7) is 3.07. The van der Waals surface area contributed by atoms with Gasteiger partial charge in [0.1, 0.15) is 0 Å². The molecule has 0 saturated heterocycles. The minimum Gasteiger partial charge on any atom is -0.481 e. The molecule has 0 aliphatic rings. The Bertz CT molecular complexity index is 274. The summed E-state index contributed by atoms with van der Waals surface area (Å²) >= 11 is 0. The third-order valence-corrected chi connectivity index (χ3v) is 2.32. The van der Waals surface area contributed by atoms with E-state index in [9.17, 15) is 14.4 Å². The number of nitrogens with two attached hydrogens (primary N) is 1. The van der Waals surface area contributed by atoms with Crippen molar-refractivity contribution in [3.8, 4) is 0 Å². The first kappa shape index (κ1) is 20.6. The number of carboxylic acids is 2. The number of hydrogen-bond acceptors (Lipinski definition) is 6. The molecule has 0 fully saturated rings. The predicted octanol–water partition coefficient (Wildman–Crippen LogP) is 1.09. The Balaban J connectivity index is 0. The smallest absolute Gasteiger partial charge is 0.346 e. The number of aliphatic carboxylic acids is 2. The Morgan fingerprint density at radius 1 is 1.05 bits per heavy atom. The van der Waals surface area contributed by atoms with E-state index in [1.54, 1.807) is 0 Å². The van der Waals surface area contributed by atoms with Gasteiger partial charge in [-0.25, -0.2) is 4.79 Å². The van der Waals surface area contributed by atoms with Gasteiger partial charge in [0.05, 0.1) is 18.8 Å². The van der Waals surface area contributed by atoms with Crippen molar-refractivity contribution in [2.45, 2.75) is 45.4 Å². The molecule has 0 aliphatic heterocycles. The summed E-state index contributed by atoms with van der Waals surface area (Å²) in [4.78, 5) is 34.1. The molecule has 118 valence electrons. The van der Waals surface area contributed by atoms with E-state index in [2.05, 4.69) is 11.8 Å². The predicted molar refractivity (Wildman–Crippen MR) is 69.9 cm³/mol. The molecule has 0 unspecified atom stereocenters. The number of rotatable bonds is 9. The number of carboxylic acid groups (broad SMARTS) is 2. The van der Waals surface area contributed by atoms with Crippen molar-refractivity contribution in [2.75, 3.05) is 6.54 Å². The van der Waals surface area contributed by atoms with Crippen molar-refractivity contribution in [1.29, 1.82) is 0 Å². The standard InChI is InChI=1S/C6H15N.C6H8O7/c1-2-3-4-5-6-7;7-4(8)1-3(2-5(9)10)6(11)13-12/h2-7H2,1H3;3,12H,1-2H2,(H,7,8)(H,9,10). The van der Waals surface area contributed by atoms with Crippen LogP contribution in [0.15, 0.2) is 0 Å². The second-order valence-electron chi connectivity index (χ2n) is 4.15. The molecule has 8 heteroatoms. The molecule has 0 aromatic carbocycles. The highest BCUT2D eigenvalue weighted by molar-refractivity contribution is 5.82. The minimum atomic E-state index is -1.36. The molecule has 0 aromatic rings. The first-order valence-corrected chi connectivity index (χ1v) is 6.37. The van der Waals surface area contributed by atoms with Crippen LogP contribution in [-0.4, -0.2) is 39.9 Å². The van der Waals surface area contributed by atoms with Gasteiger partial charge in [-0.15, -0.1) is 0 Å². The molecule has 0 bridgehead atoms. The summed E-state index contributed by atoms with van der Waals surface area (Å²) < 4.78 is 0. The molecule has 0 amide bonds. The van der Waals surface area contributed by atoms with Crippen LogP contribution in [0.1, 0.15) is 45.4 Å². The van der Waals surface area contributed by atoms with Gasteiger partial charge in [-0.05, 0) is 13.0 Å². The van der Waals surface area contributed by atoms with Gasteiger partial charge in [-0.3, -0.25) is 9.59 Å². The fraction of sp³-hybridized carbons (Fsp3) is 0.750. The zero-order valence-electron chi connectivity index (χ0n) is 11.6. The normalized spacial score (nSPS) is 9.60. The number of carbonyl (C=O) groups excluding carboxylic acids is 1. The van der Waals surface area contributed by atoms with E-state index in [0.717, 1.165) is 6.54 Å². The Hall–Kier alpha value is -1.67. The highest BCUT2D eigenvalue weighted by Crippen LogP contribution is 2.10. The van der Waals surface area contributed by atoms with Crippen molar-refractivity contribution in [3.63, 3.8) is 0 Å². The van der Waals surface area contributed by atoms with E-state index in [1.807, 2.05) is 0 Å². The molecule has 0 rings (SSSR count). The van der Waals surface area contributed by atoms with E-state index >= 15 is 0 Å². The van der Waals surface area contributed by atoms with Crippen LogP contribution in [0, 0.1) is 5.92 Å². The summed E-state index contributed by atoms with van der Waals surface area (Å²) in [5.41, 5.74) is 5.27. The van der Waals surface area contributed by atoms with Gasteiger partial charge >= 0.3 is 17.9 Å². The molecule has 0 atom stereocenters. The van der Waals surface area contributed by atoms with Crippen LogP contribution in [0.2, 0.25) is 0 Å². The average Bonchev–Trinajstić information content (AvgIpc) is 2.37. The largest absolute Gasteiger partial charge is 0.481 e. The van der Waals surface area contributed by atoms with Crippen LogP contribution < -0.4 is 5.73 Å². The number of unbranched alkanes of at least 4 members (excludes halogenated alkanes) is 3. The lowest BCUT2D eigenvalue weighted by Gasteiger charge is -2.06. The fourth-order valence-corrected chi connectivity index (χ4v) is 1.31. The molecule has 20 heavy (non-hydrogen) atoms. The van der Waals surface area contributed by atoms with E-state index in [0.29, 0.717) is 0 Å². The van der Waals surface area contributed by atoms with Crippen molar-refractivity contribution in [3.05, 3.63) is 0 Å². The Morgan fingerprint density at radius 2 is 1.55 bits per heavy atom. The molecule has 8 nitrogen and oxygen atoms in total. The lowest BCUT2D eigenvalue weighted by Crippen LogP contribution is -2.22. The topological polar surface area (TPSA) is 147 Å². The zero-order valence-corrected chi connectivity index (χ0v) is 11.6. The molecule has 0 aliphatic carbocycles. The number of carbonyl (C=O) groups is 3. The maximum absolute atomic E-state index is 10.6. The van der Waals surface area contributed by atoms with Crippen LogP contribution in [0.25, 0.3) is 0 Å². The summed E-state index contributed by atoms with van der Waals surface area (Å²) in [7, 11) is 0. The van der Waals surface area contributed by atoms with Gasteiger partial charge in [0, 0.05) is 0 Å². The van der Waals surface area contributed by atoms with Gasteiger partial charge in [0.15, 0.2) is 0 Å². The van der Waals surface area contributed by atoms with Gasteiger partial charge in [0.25, 0.3) is 0 Å². The molecular weight excluding hydrogens is 270 g/mol. The summed E-state index contributed by atoms with van der Waals surface area (Å²) in [5, 5.41) is 24.4. The Morgan fingerprint density at radius 3 is 1.85 bits per heavy atom. The van der Waals surface area contributed by atoms with Crippen LogP contribution in [0.5, 0.6) is 0 Å². The minimum absolute atomic E-state index is 0.689. The average molecular weight is 293 g/mol. The molecule has 0 aromatic heterocycles. The molecule has 0 saturated carbocycles. The SMILES string of the molecule is CCCCCCN.O=C(O)CC(CC(=O)O)C(=O)OO. The molecule has 0 spiro atoms. The van der Waals surface area contributed by atoms with Gasteiger partial charge in [-0.2, -0.15) is 5.26 Å². The second kappa shape index (κ2) is 13.8. The lowest BCUT2D eigenvalue weighted by molar-refractivity contribution is -0.239. The summed E-state index contributed by atoms with van der Waals surface area (Å²) in [6, 6.07) is 0. The van der Waals surface area contributed by atoms with Gasteiger partial charge in [-0.1, -0.05) is 26.2 Å². The van der Waals surface area contributed by atoms with Gasteiger partial charge in [0.2, 0.25) is 0 Å². The summed E-state index contributed by atoms with van der Waals surface area (Å²) in [6.07, 6.45) is 3.79. The van der Waals surface area contributed by atoms with Crippen molar-refractivity contribution in [2.24, 2.45) is 11.7 Å². The summed E-state index contributed by atoms with van der Waals surface area (Å²) in [5.74, 6) is -5.29. The van der Waals surface area contributed by atoms with E-state index in [4.69, 9.17) is 21.2 Å². The van der Waals surface area contributed by atoms with Gasteiger partial charge < -0.3 is 20.8 Å². The van der Waals surface area contributed by atoms with Crippen LogP contribution in [0.4, 0.5) is 0 Å². The fourth-order valence-electron chi connectivity index (χ4n) is 1.31. The zero-order chi connectivity index (χ0) is 16.0. The van der Waals surface area contributed by atoms with E-state index < -0.39 is 36.7 Å². The van der Waals surface area contributed by atoms with E-state index in [-0.39, 0.29) is 0 Å². The maximum Gasteiger partial charge on any atom is 0.346 e. The molecule has 0 radical (unpaired) electrons. The van der Waals surface area contributed by atoms with Crippen LogP contribution in [0.3, 0.4) is 0 Å². The molecule has 5 N–H and O–H groups in total. The van der Waals surface area contributed by atoms with Crippen LogP contribution in [-0.2, 0) is 19.3 Å². The monoisotopic (exact) mass is 293 g/mol. The Labute approximate surface area is 117 Å². The maximum atomic E-state index is 10.6. The van der Waals surface area contributed by atoms with Crippen LogP contribution >= 0.6 is 0 Å². The quantitative estimate of drug-likeness (QED) is 0.280. The van der Waals surface area contributed by atoms with Crippen molar-refractivity contribution < 1.29 is 34.7 Å². The third kappa shape index (κ3) is 14.4. The van der Waals surface area contributed by atoms with E-state index in [1.165, 1.54) is 25.7 Å². The third-order valence-electron chi connectivity index (χ3n) is 2.32.